The van der Waals surface area contributed by atoms with Crippen molar-refractivity contribution in [2.45, 2.75) is 19.8 Å². The molecule has 0 aliphatic heterocycles. The van der Waals surface area contributed by atoms with Crippen molar-refractivity contribution in [3.63, 3.8) is 0 Å². The SMILES string of the molecule is CCOC(=O)CCS(=O)(=O)CCCOC. The Morgan fingerprint density at radius 2 is 1.93 bits per heavy atom. The lowest BCUT2D eigenvalue weighted by atomic mass is 10.5. The molecule has 0 aliphatic rings. The van der Waals surface area contributed by atoms with Gasteiger partial charge in [-0.15, -0.1) is 0 Å². The number of esters is 1. The number of ether oxygens (including phenoxy) is 2. The Bertz CT molecular complexity index is 270. The van der Waals surface area contributed by atoms with Gasteiger partial charge in [-0.2, -0.15) is 0 Å². The van der Waals surface area contributed by atoms with E-state index in [1.54, 1.807) is 6.92 Å². The Morgan fingerprint density at radius 1 is 1.27 bits per heavy atom. The van der Waals surface area contributed by atoms with E-state index in [1.165, 1.54) is 7.11 Å². The quantitative estimate of drug-likeness (QED) is 0.452. The van der Waals surface area contributed by atoms with Crippen molar-refractivity contribution in [3.8, 4) is 0 Å². The van der Waals surface area contributed by atoms with Gasteiger partial charge in [0.05, 0.1) is 24.5 Å². The first kappa shape index (κ1) is 14.4. The molecule has 15 heavy (non-hydrogen) atoms. The average Bonchev–Trinajstić information content (AvgIpc) is 2.16. The number of methoxy groups -OCH3 is 1. The Morgan fingerprint density at radius 3 is 2.47 bits per heavy atom. The molecule has 0 radical (unpaired) electrons. The van der Waals surface area contributed by atoms with Crippen LogP contribution in [0.1, 0.15) is 19.8 Å². The summed E-state index contributed by atoms with van der Waals surface area (Å²) in [7, 11) is -1.63. The van der Waals surface area contributed by atoms with E-state index in [1.807, 2.05) is 0 Å². The van der Waals surface area contributed by atoms with Gasteiger partial charge in [0.2, 0.25) is 0 Å². The fourth-order valence-electron chi connectivity index (χ4n) is 0.997. The highest BCUT2D eigenvalue weighted by molar-refractivity contribution is 7.91. The maximum Gasteiger partial charge on any atom is 0.306 e. The van der Waals surface area contributed by atoms with Crippen LogP contribution >= 0.6 is 0 Å². The molecule has 0 aromatic heterocycles. The van der Waals surface area contributed by atoms with Gasteiger partial charge < -0.3 is 9.47 Å². The molecule has 0 rings (SSSR count). The number of hydrogen-bond acceptors (Lipinski definition) is 5. The minimum Gasteiger partial charge on any atom is -0.466 e. The molecule has 0 fully saturated rings. The highest BCUT2D eigenvalue weighted by Crippen LogP contribution is 1.98. The second kappa shape index (κ2) is 7.64. The van der Waals surface area contributed by atoms with Gasteiger partial charge in [0, 0.05) is 13.7 Å². The molecule has 0 bridgehead atoms. The van der Waals surface area contributed by atoms with E-state index in [4.69, 9.17) is 4.74 Å². The third-order valence-corrected chi connectivity index (χ3v) is 3.46. The summed E-state index contributed by atoms with van der Waals surface area (Å²) < 4.78 is 32.1. The van der Waals surface area contributed by atoms with Crippen LogP contribution in [0, 0.1) is 0 Å². The van der Waals surface area contributed by atoms with Crippen LogP contribution in [0.15, 0.2) is 0 Å². The Balaban J connectivity index is 3.78. The first-order valence-corrected chi connectivity index (χ1v) is 6.69. The minimum absolute atomic E-state index is 0.0558. The number of rotatable bonds is 8. The fraction of sp³-hybridized carbons (Fsp3) is 0.889. The molecule has 0 heterocycles. The van der Waals surface area contributed by atoms with Gasteiger partial charge in [-0.05, 0) is 13.3 Å². The van der Waals surface area contributed by atoms with Gasteiger partial charge >= 0.3 is 5.97 Å². The molecule has 5 nitrogen and oxygen atoms in total. The smallest absolute Gasteiger partial charge is 0.306 e. The van der Waals surface area contributed by atoms with Crippen LogP contribution in [0.25, 0.3) is 0 Å². The van der Waals surface area contributed by atoms with Gasteiger partial charge in [-0.1, -0.05) is 0 Å². The normalized spacial score (nSPS) is 11.3. The lowest BCUT2D eigenvalue weighted by Gasteiger charge is -2.03. The predicted octanol–water partition coefficient (Wildman–Crippen LogP) is 0.391. The third kappa shape index (κ3) is 8.38. The molecule has 0 saturated heterocycles. The summed E-state index contributed by atoms with van der Waals surface area (Å²) in [5.41, 5.74) is 0. The largest absolute Gasteiger partial charge is 0.466 e. The van der Waals surface area contributed by atoms with Crippen LogP contribution in [-0.4, -0.2) is 46.2 Å². The molecule has 0 aromatic carbocycles. The van der Waals surface area contributed by atoms with Crippen molar-refractivity contribution in [1.29, 1.82) is 0 Å². The molecule has 0 atom stereocenters. The zero-order valence-electron chi connectivity index (χ0n) is 9.19. The standard InChI is InChI=1S/C9H18O5S/c1-3-14-9(10)5-8-15(11,12)7-4-6-13-2/h3-8H2,1-2H3. The summed E-state index contributed by atoms with van der Waals surface area (Å²) in [6, 6.07) is 0. The van der Waals surface area contributed by atoms with E-state index in [9.17, 15) is 13.2 Å². The van der Waals surface area contributed by atoms with E-state index in [2.05, 4.69) is 4.74 Å². The molecule has 0 aliphatic carbocycles. The minimum atomic E-state index is -3.15. The Hall–Kier alpha value is -0.620. The van der Waals surface area contributed by atoms with Crippen LogP contribution in [0.3, 0.4) is 0 Å². The average molecular weight is 238 g/mol. The fourth-order valence-corrected chi connectivity index (χ4v) is 2.24. The van der Waals surface area contributed by atoms with Gasteiger partial charge in [0.25, 0.3) is 0 Å². The molecular formula is C9H18O5S. The van der Waals surface area contributed by atoms with Crippen molar-refractivity contribution in [2.75, 3.05) is 31.8 Å². The maximum atomic E-state index is 11.4. The number of hydrogen-bond donors (Lipinski definition) is 0. The summed E-state index contributed by atoms with van der Waals surface area (Å²) in [4.78, 5) is 10.9. The highest BCUT2D eigenvalue weighted by atomic mass is 32.2. The molecule has 90 valence electrons. The summed E-state index contributed by atoms with van der Waals surface area (Å²) in [5.74, 6) is -0.552. The first-order valence-electron chi connectivity index (χ1n) is 4.87. The maximum absolute atomic E-state index is 11.4. The van der Waals surface area contributed by atoms with Crippen LogP contribution < -0.4 is 0 Å². The molecule has 0 N–H and O–H groups in total. The van der Waals surface area contributed by atoms with E-state index in [0.717, 1.165) is 0 Å². The van der Waals surface area contributed by atoms with Gasteiger partial charge in [-0.3, -0.25) is 4.79 Å². The van der Waals surface area contributed by atoms with E-state index in [-0.39, 0.29) is 24.5 Å². The first-order chi connectivity index (χ1) is 7.02. The molecule has 6 heteroatoms. The second-order valence-corrected chi connectivity index (χ2v) is 5.36. The molecule has 0 saturated carbocycles. The van der Waals surface area contributed by atoms with Crippen LogP contribution in [0.5, 0.6) is 0 Å². The van der Waals surface area contributed by atoms with Crippen LogP contribution in [0.2, 0.25) is 0 Å². The molecular weight excluding hydrogens is 220 g/mol. The van der Waals surface area contributed by atoms with Crippen molar-refractivity contribution in [1.82, 2.24) is 0 Å². The monoisotopic (exact) mass is 238 g/mol. The topological polar surface area (TPSA) is 69.7 Å². The third-order valence-electron chi connectivity index (χ3n) is 1.73. The molecule has 0 aromatic rings. The predicted molar refractivity (Wildman–Crippen MR) is 56.4 cm³/mol. The molecule has 0 unspecified atom stereocenters. The van der Waals surface area contributed by atoms with Crippen molar-refractivity contribution in [3.05, 3.63) is 0 Å². The van der Waals surface area contributed by atoms with Crippen molar-refractivity contribution in [2.24, 2.45) is 0 Å². The van der Waals surface area contributed by atoms with E-state index >= 15 is 0 Å². The van der Waals surface area contributed by atoms with Crippen molar-refractivity contribution < 1.29 is 22.7 Å². The van der Waals surface area contributed by atoms with Crippen LogP contribution in [0.4, 0.5) is 0 Å². The zero-order chi connectivity index (χ0) is 11.7. The summed E-state index contributed by atoms with van der Waals surface area (Å²) in [5, 5.41) is 0. The Kier molecular flexibility index (Phi) is 7.33. The summed E-state index contributed by atoms with van der Waals surface area (Å²) >= 11 is 0. The lowest BCUT2D eigenvalue weighted by molar-refractivity contribution is -0.142. The van der Waals surface area contributed by atoms with E-state index < -0.39 is 15.8 Å². The van der Waals surface area contributed by atoms with Gasteiger partial charge in [-0.25, -0.2) is 8.42 Å². The summed E-state index contributed by atoms with van der Waals surface area (Å²) in [6.45, 7) is 2.38. The van der Waals surface area contributed by atoms with E-state index in [0.29, 0.717) is 13.0 Å². The molecule has 0 amide bonds. The lowest BCUT2D eigenvalue weighted by Crippen LogP contribution is -2.16. The van der Waals surface area contributed by atoms with Gasteiger partial charge in [0.1, 0.15) is 0 Å². The zero-order valence-corrected chi connectivity index (χ0v) is 10.0. The molecule has 0 spiro atoms. The summed E-state index contributed by atoms with van der Waals surface area (Å²) in [6.07, 6.45) is 0.394. The number of sulfone groups is 1. The highest BCUT2D eigenvalue weighted by Gasteiger charge is 2.13. The number of carbonyl (C=O) groups is 1. The van der Waals surface area contributed by atoms with Gasteiger partial charge in [0.15, 0.2) is 9.84 Å². The Labute approximate surface area is 90.7 Å². The number of carbonyl (C=O) groups excluding carboxylic acids is 1. The second-order valence-electron chi connectivity index (χ2n) is 3.05. The van der Waals surface area contributed by atoms with Crippen molar-refractivity contribution >= 4 is 15.8 Å². The van der Waals surface area contributed by atoms with Crippen LogP contribution in [-0.2, 0) is 24.1 Å².